The van der Waals surface area contributed by atoms with E-state index in [4.69, 9.17) is 26.3 Å². The number of morpholine rings is 1. The average molecular weight is 309 g/mol. The molecule has 1 aromatic rings. The Morgan fingerprint density at radius 2 is 2.14 bits per heavy atom. The van der Waals surface area contributed by atoms with Crippen molar-refractivity contribution in [3.63, 3.8) is 0 Å². The van der Waals surface area contributed by atoms with Crippen LogP contribution in [0.5, 0.6) is 5.75 Å². The maximum atomic E-state index is 12.1. The minimum Gasteiger partial charge on any atom is -0.484 e. The van der Waals surface area contributed by atoms with Gasteiger partial charge in [0, 0.05) is 19.2 Å². The third kappa shape index (κ3) is 4.10. The first-order chi connectivity index (χ1) is 9.99. The van der Waals surface area contributed by atoms with Crippen molar-refractivity contribution < 1.29 is 14.3 Å². The van der Waals surface area contributed by atoms with Gasteiger partial charge in [-0.15, -0.1) is 0 Å². The van der Waals surface area contributed by atoms with Crippen molar-refractivity contribution in [2.24, 2.45) is 0 Å². The van der Waals surface area contributed by atoms with Crippen molar-refractivity contribution in [2.45, 2.75) is 26.1 Å². The summed E-state index contributed by atoms with van der Waals surface area (Å²) in [5.74, 6) is 0.388. The van der Waals surface area contributed by atoms with Crippen LogP contribution in [0.2, 0.25) is 5.02 Å². The molecular formula is C15H17ClN2O3. The minimum absolute atomic E-state index is 0.0297. The molecule has 1 heterocycles. The van der Waals surface area contributed by atoms with E-state index in [2.05, 4.69) is 0 Å². The van der Waals surface area contributed by atoms with Gasteiger partial charge in [-0.2, -0.15) is 5.26 Å². The lowest BCUT2D eigenvalue weighted by Gasteiger charge is -2.35. The smallest absolute Gasteiger partial charge is 0.260 e. The zero-order chi connectivity index (χ0) is 15.4. The van der Waals surface area contributed by atoms with E-state index in [1.165, 1.54) is 6.07 Å². The number of halogens is 1. The molecule has 0 N–H and O–H groups in total. The molecule has 112 valence electrons. The largest absolute Gasteiger partial charge is 0.484 e. The molecule has 2 rings (SSSR count). The van der Waals surface area contributed by atoms with E-state index < -0.39 is 0 Å². The van der Waals surface area contributed by atoms with Crippen molar-refractivity contribution in [1.29, 1.82) is 5.26 Å². The zero-order valence-electron chi connectivity index (χ0n) is 12.0. The van der Waals surface area contributed by atoms with Gasteiger partial charge >= 0.3 is 0 Å². The second-order valence-corrected chi connectivity index (χ2v) is 5.51. The first kappa shape index (κ1) is 15.6. The SMILES string of the molecule is C[C@H]1CN(C(=O)COc2ccc(C#N)c(Cl)c2)C[C@H](C)O1. The average Bonchev–Trinajstić information content (AvgIpc) is 2.43. The number of carbonyl (C=O) groups is 1. The summed E-state index contributed by atoms with van der Waals surface area (Å²) in [5, 5.41) is 9.12. The Labute approximate surface area is 129 Å². The first-order valence-corrected chi connectivity index (χ1v) is 7.13. The Hall–Kier alpha value is -1.77. The number of hydrogen-bond acceptors (Lipinski definition) is 4. The zero-order valence-corrected chi connectivity index (χ0v) is 12.8. The number of nitrogens with zero attached hydrogens (tertiary/aromatic N) is 2. The molecule has 1 saturated heterocycles. The normalized spacial score (nSPS) is 21.7. The maximum absolute atomic E-state index is 12.1. The lowest BCUT2D eigenvalue weighted by Crippen LogP contribution is -2.49. The summed E-state index contributed by atoms with van der Waals surface area (Å²) in [6.07, 6.45) is 0.0594. The molecule has 0 saturated carbocycles. The van der Waals surface area contributed by atoms with Gasteiger partial charge in [0.15, 0.2) is 6.61 Å². The molecule has 1 aliphatic rings. The summed E-state index contributed by atoms with van der Waals surface area (Å²) in [6.45, 7) is 4.97. The van der Waals surface area contributed by atoms with Gasteiger partial charge in [0.2, 0.25) is 0 Å². The van der Waals surface area contributed by atoms with Gasteiger partial charge in [0.25, 0.3) is 5.91 Å². The fourth-order valence-corrected chi connectivity index (χ4v) is 2.51. The van der Waals surface area contributed by atoms with E-state index in [-0.39, 0.29) is 24.7 Å². The fourth-order valence-electron chi connectivity index (χ4n) is 2.29. The second-order valence-electron chi connectivity index (χ2n) is 5.10. The molecule has 0 aromatic heterocycles. The molecule has 5 nitrogen and oxygen atoms in total. The molecule has 0 radical (unpaired) electrons. The van der Waals surface area contributed by atoms with Crippen LogP contribution in [0.15, 0.2) is 18.2 Å². The first-order valence-electron chi connectivity index (χ1n) is 6.75. The highest BCUT2D eigenvalue weighted by molar-refractivity contribution is 6.31. The maximum Gasteiger partial charge on any atom is 0.260 e. The Bertz CT molecular complexity index is 561. The van der Waals surface area contributed by atoms with Gasteiger partial charge < -0.3 is 14.4 Å². The summed E-state index contributed by atoms with van der Waals surface area (Å²) in [4.78, 5) is 13.9. The van der Waals surface area contributed by atoms with Gasteiger partial charge in [-0.05, 0) is 26.0 Å². The van der Waals surface area contributed by atoms with E-state index in [1.54, 1.807) is 17.0 Å². The number of amides is 1. The molecule has 2 atom stereocenters. The molecule has 6 heteroatoms. The van der Waals surface area contributed by atoms with Crippen LogP contribution in [0.1, 0.15) is 19.4 Å². The molecular weight excluding hydrogens is 292 g/mol. The van der Waals surface area contributed by atoms with Crippen molar-refractivity contribution >= 4 is 17.5 Å². The Kier molecular flexibility index (Phi) is 5.05. The summed E-state index contributed by atoms with van der Waals surface area (Å²) in [6, 6.07) is 6.71. The van der Waals surface area contributed by atoms with Crippen LogP contribution < -0.4 is 4.74 Å². The lowest BCUT2D eigenvalue weighted by atomic mass is 10.2. The highest BCUT2D eigenvalue weighted by Gasteiger charge is 2.25. The molecule has 0 spiro atoms. The van der Waals surface area contributed by atoms with Crippen LogP contribution >= 0.6 is 11.6 Å². The number of ether oxygens (including phenoxy) is 2. The number of nitriles is 1. The van der Waals surface area contributed by atoms with Crippen molar-refractivity contribution in [1.82, 2.24) is 4.90 Å². The van der Waals surface area contributed by atoms with Gasteiger partial charge in [-0.25, -0.2) is 0 Å². The molecule has 1 fully saturated rings. The number of rotatable bonds is 3. The topological polar surface area (TPSA) is 62.6 Å². The van der Waals surface area contributed by atoms with E-state index in [0.29, 0.717) is 29.4 Å². The van der Waals surface area contributed by atoms with Crippen molar-refractivity contribution in [3.05, 3.63) is 28.8 Å². The number of carbonyl (C=O) groups excluding carboxylic acids is 1. The molecule has 0 bridgehead atoms. The van der Waals surface area contributed by atoms with Crippen LogP contribution in [0.3, 0.4) is 0 Å². The molecule has 1 aliphatic heterocycles. The minimum atomic E-state index is -0.0857. The van der Waals surface area contributed by atoms with E-state index in [9.17, 15) is 4.79 Å². The fraction of sp³-hybridized carbons (Fsp3) is 0.467. The van der Waals surface area contributed by atoms with Gasteiger partial charge in [-0.1, -0.05) is 11.6 Å². The molecule has 0 unspecified atom stereocenters. The highest BCUT2D eigenvalue weighted by atomic mass is 35.5. The highest BCUT2D eigenvalue weighted by Crippen LogP contribution is 2.22. The lowest BCUT2D eigenvalue weighted by molar-refractivity contribution is -0.145. The Morgan fingerprint density at radius 1 is 1.48 bits per heavy atom. The van der Waals surface area contributed by atoms with Gasteiger partial charge in [0.05, 0.1) is 22.8 Å². The predicted octanol–water partition coefficient (Wildman–Crippen LogP) is 2.23. The van der Waals surface area contributed by atoms with Crippen molar-refractivity contribution in [3.8, 4) is 11.8 Å². The van der Waals surface area contributed by atoms with Crippen LogP contribution in [0, 0.1) is 11.3 Å². The monoisotopic (exact) mass is 308 g/mol. The molecule has 1 aromatic carbocycles. The molecule has 21 heavy (non-hydrogen) atoms. The second kappa shape index (κ2) is 6.79. The Morgan fingerprint density at radius 3 is 2.71 bits per heavy atom. The molecule has 0 aliphatic carbocycles. The van der Waals surface area contributed by atoms with Crippen LogP contribution in [-0.2, 0) is 9.53 Å². The summed E-state index contributed by atoms with van der Waals surface area (Å²) < 4.78 is 11.0. The third-order valence-corrected chi connectivity index (χ3v) is 3.51. The van der Waals surface area contributed by atoms with Gasteiger partial charge in [-0.3, -0.25) is 4.79 Å². The summed E-state index contributed by atoms with van der Waals surface area (Å²) >= 11 is 5.92. The van der Waals surface area contributed by atoms with E-state index in [0.717, 1.165) is 0 Å². The summed E-state index contributed by atoms with van der Waals surface area (Å²) in [7, 11) is 0. The van der Waals surface area contributed by atoms with Crippen molar-refractivity contribution in [2.75, 3.05) is 19.7 Å². The van der Waals surface area contributed by atoms with E-state index >= 15 is 0 Å². The van der Waals surface area contributed by atoms with Gasteiger partial charge in [0.1, 0.15) is 11.8 Å². The molecule has 1 amide bonds. The van der Waals surface area contributed by atoms with Crippen LogP contribution in [0.25, 0.3) is 0 Å². The standard InChI is InChI=1S/C15H17ClN2O3/c1-10-7-18(8-11(2)21-10)15(19)9-20-13-4-3-12(6-17)14(16)5-13/h3-5,10-11H,7-9H2,1-2H3/t10-,11-/m0/s1. The Balaban J connectivity index is 1.92. The number of benzene rings is 1. The summed E-state index contributed by atoms with van der Waals surface area (Å²) in [5.41, 5.74) is 0.381. The third-order valence-electron chi connectivity index (χ3n) is 3.20. The quantitative estimate of drug-likeness (QED) is 0.859. The van der Waals surface area contributed by atoms with Crippen LogP contribution in [-0.4, -0.2) is 42.7 Å². The predicted molar refractivity (Wildman–Crippen MR) is 78.3 cm³/mol. The van der Waals surface area contributed by atoms with E-state index in [1.807, 2.05) is 19.9 Å². The number of hydrogen-bond donors (Lipinski definition) is 0. The van der Waals surface area contributed by atoms with Crippen LogP contribution in [0.4, 0.5) is 0 Å².